The van der Waals surface area contributed by atoms with E-state index in [0.717, 1.165) is 13.0 Å². The lowest BCUT2D eigenvalue weighted by Gasteiger charge is -2.26. The van der Waals surface area contributed by atoms with E-state index < -0.39 is 0 Å². The van der Waals surface area contributed by atoms with Gasteiger partial charge >= 0.3 is 0 Å². The summed E-state index contributed by atoms with van der Waals surface area (Å²) >= 11 is 0. The first-order chi connectivity index (χ1) is 8.18. The molecule has 94 valence electrons. The van der Waals surface area contributed by atoms with Crippen molar-refractivity contribution < 1.29 is 14.4 Å². The fourth-order valence-corrected chi connectivity index (χ4v) is 2.22. The van der Waals surface area contributed by atoms with Gasteiger partial charge in [-0.3, -0.25) is 24.6 Å². The maximum atomic E-state index is 11.5. The SMILES string of the molecule is O=C1CCCN1CCCN1C(=O)CNCC1=O. The Labute approximate surface area is 99.9 Å². The molecule has 1 N–H and O–H groups in total. The topological polar surface area (TPSA) is 69.7 Å². The number of piperazine rings is 1. The van der Waals surface area contributed by atoms with Gasteiger partial charge < -0.3 is 4.90 Å². The molecule has 2 heterocycles. The molecule has 2 aliphatic rings. The number of hydrogen-bond donors (Lipinski definition) is 1. The summed E-state index contributed by atoms with van der Waals surface area (Å²) in [4.78, 5) is 37.4. The Balaban J connectivity index is 1.75. The van der Waals surface area contributed by atoms with Crippen LogP contribution < -0.4 is 5.32 Å². The van der Waals surface area contributed by atoms with Gasteiger partial charge in [-0.15, -0.1) is 0 Å². The summed E-state index contributed by atoms with van der Waals surface area (Å²) in [5, 5.41) is 2.75. The van der Waals surface area contributed by atoms with Gasteiger partial charge in [0.2, 0.25) is 17.7 Å². The van der Waals surface area contributed by atoms with Gasteiger partial charge in [0.05, 0.1) is 13.1 Å². The summed E-state index contributed by atoms with van der Waals surface area (Å²) in [6.07, 6.45) is 2.22. The van der Waals surface area contributed by atoms with Crippen molar-refractivity contribution in [1.82, 2.24) is 15.1 Å². The third kappa shape index (κ3) is 2.82. The highest BCUT2D eigenvalue weighted by atomic mass is 16.2. The van der Waals surface area contributed by atoms with E-state index in [1.165, 1.54) is 4.90 Å². The fraction of sp³-hybridized carbons (Fsp3) is 0.727. The van der Waals surface area contributed by atoms with Crippen molar-refractivity contribution in [2.45, 2.75) is 19.3 Å². The minimum atomic E-state index is -0.172. The van der Waals surface area contributed by atoms with Crippen molar-refractivity contribution in [2.75, 3.05) is 32.7 Å². The Bertz CT molecular complexity index is 327. The maximum absolute atomic E-state index is 11.5. The minimum absolute atomic E-state index is 0.172. The van der Waals surface area contributed by atoms with Crippen LogP contribution in [0.25, 0.3) is 0 Å². The molecule has 0 aromatic heterocycles. The molecule has 6 nitrogen and oxygen atoms in total. The summed E-state index contributed by atoms with van der Waals surface area (Å²) in [5.74, 6) is -0.161. The molecule has 0 aromatic rings. The monoisotopic (exact) mass is 239 g/mol. The third-order valence-electron chi connectivity index (χ3n) is 3.14. The maximum Gasteiger partial charge on any atom is 0.243 e. The van der Waals surface area contributed by atoms with Crippen molar-refractivity contribution in [3.63, 3.8) is 0 Å². The van der Waals surface area contributed by atoms with Crippen LogP contribution in [-0.4, -0.2) is 60.2 Å². The predicted octanol–water partition coefficient (Wildman–Crippen LogP) is -1.04. The number of imide groups is 1. The number of carbonyl (C=O) groups excluding carboxylic acids is 3. The van der Waals surface area contributed by atoms with Crippen LogP contribution in [-0.2, 0) is 14.4 Å². The van der Waals surface area contributed by atoms with Crippen LogP contribution in [0.4, 0.5) is 0 Å². The van der Waals surface area contributed by atoms with E-state index in [1.54, 1.807) is 4.90 Å². The molecule has 0 radical (unpaired) electrons. The second kappa shape index (κ2) is 5.27. The van der Waals surface area contributed by atoms with Crippen LogP contribution in [0.1, 0.15) is 19.3 Å². The van der Waals surface area contributed by atoms with Gasteiger partial charge in [0.15, 0.2) is 0 Å². The van der Waals surface area contributed by atoms with Crippen molar-refractivity contribution in [2.24, 2.45) is 0 Å². The van der Waals surface area contributed by atoms with Gasteiger partial charge in [-0.05, 0) is 12.8 Å². The van der Waals surface area contributed by atoms with Crippen LogP contribution in [0.3, 0.4) is 0 Å². The van der Waals surface area contributed by atoms with Gasteiger partial charge in [-0.25, -0.2) is 0 Å². The van der Waals surface area contributed by atoms with Gasteiger partial charge in [0, 0.05) is 26.1 Å². The van der Waals surface area contributed by atoms with E-state index >= 15 is 0 Å². The molecule has 17 heavy (non-hydrogen) atoms. The molecule has 0 unspecified atom stereocenters. The Morgan fingerprint density at radius 3 is 2.29 bits per heavy atom. The lowest BCUT2D eigenvalue weighted by atomic mass is 10.3. The van der Waals surface area contributed by atoms with E-state index in [0.29, 0.717) is 25.9 Å². The average molecular weight is 239 g/mol. The van der Waals surface area contributed by atoms with Crippen molar-refractivity contribution in [3.8, 4) is 0 Å². The van der Waals surface area contributed by atoms with Gasteiger partial charge in [0.25, 0.3) is 0 Å². The molecule has 2 rings (SSSR count). The molecule has 0 bridgehead atoms. The van der Waals surface area contributed by atoms with E-state index in [1.807, 2.05) is 0 Å². The van der Waals surface area contributed by atoms with Crippen molar-refractivity contribution in [1.29, 1.82) is 0 Å². The Hall–Kier alpha value is -1.43. The van der Waals surface area contributed by atoms with Crippen LogP contribution >= 0.6 is 0 Å². The summed E-state index contributed by atoms with van der Waals surface area (Å²) in [6, 6.07) is 0. The van der Waals surface area contributed by atoms with Crippen molar-refractivity contribution in [3.05, 3.63) is 0 Å². The molecule has 0 aliphatic carbocycles. The summed E-state index contributed by atoms with van der Waals surface area (Å²) in [7, 11) is 0. The first-order valence-corrected chi connectivity index (χ1v) is 6.00. The summed E-state index contributed by atoms with van der Waals surface area (Å²) in [6.45, 7) is 2.33. The van der Waals surface area contributed by atoms with Gasteiger partial charge in [-0.1, -0.05) is 0 Å². The van der Waals surface area contributed by atoms with E-state index in [9.17, 15) is 14.4 Å². The molecular formula is C11H17N3O3. The number of likely N-dealkylation sites (tertiary alicyclic amines) is 1. The highest BCUT2D eigenvalue weighted by Crippen LogP contribution is 2.10. The second-order valence-electron chi connectivity index (χ2n) is 4.38. The number of rotatable bonds is 4. The summed E-state index contributed by atoms with van der Waals surface area (Å²) < 4.78 is 0. The van der Waals surface area contributed by atoms with Crippen LogP contribution in [0.2, 0.25) is 0 Å². The lowest BCUT2D eigenvalue weighted by Crippen LogP contribution is -2.52. The van der Waals surface area contributed by atoms with Crippen molar-refractivity contribution >= 4 is 17.7 Å². The Kier molecular flexibility index (Phi) is 3.73. The molecule has 6 heteroatoms. The number of amides is 3. The number of nitrogens with zero attached hydrogens (tertiary/aromatic N) is 2. The number of carbonyl (C=O) groups is 3. The smallest absolute Gasteiger partial charge is 0.243 e. The molecule has 3 amide bonds. The zero-order valence-corrected chi connectivity index (χ0v) is 9.78. The highest BCUT2D eigenvalue weighted by molar-refractivity contribution is 5.99. The van der Waals surface area contributed by atoms with E-state index in [2.05, 4.69) is 5.32 Å². The van der Waals surface area contributed by atoms with E-state index in [4.69, 9.17) is 0 Å². The van der Waals surface area contributed by atoms with Gasteiger partial charge in [-0.2, -0.15) is 0 Å². The first-order valence-electron chi connectivity index (χ1n) is 6.00. The molecule has 2 saturated heterocycles. The molecule has 2 aliphatic heterocycles. The molecule has 0 aromatic carbocycles. The second-order valence-corrected chi connectivity index (χ2v) is 4.38. The molecule has 2 fully saturated rings. The van der Waals surface area contributed by atoms with Crippen LogP contribution in [0.15, 0.2) is 0 Å². The highest BCUT2D eigenvalue weighted by Gasteiger charge is 2.26. The quantitative estimate of drug-likeness (QED) is 0.636. The van der Waals surface area contributed by atoms with Crippen LogP contribution in [0.5, 0.6) is 0 Å². The van der Waals surface area contributed by atoms with Crippen LogP contribution in [0, 0.1) is 0 Å². The van der Waals surface area contributed by atoms with Gasteiger partial charge in [0.1, 0.15) is 0 Å². The fourth-order valence-electron chi connectivity index (χ4n) is 2.22. The zero-order chi connectivity index (χ0) is 12.3. The number of hydrogen-bond acceptors (Lipinski definition) is 4. The normalized spacial score (nSPS) is 21.5. The minimum Gasteiger partial charge on any atom is -0.343 e. The van der Waals surface area contributed by atoms with E-state index in [-0.39, 0.29) is 30.8 Å². The molecular weight excluding hydrogens is 222 g/mol. The average Bonchev–Trinajstić information content (AvgIpc) is 2.69. The Morgan fingerprint density at radius 2 is 1.71 bits per heavy atom. The number of nitrogens with one attached hydrogen (secondary N) is 1. The Morgan fingerprint density at radius 1 is 1.00 bits per heavy atom. The predicted molar refractivity (Wildman–Crippen MR) is 60.0 cm³/mol. The first kappa shape index (κ1) is 12.0. The molecule has 0 spiro atoms. The lowest BCUT2D eigenvalue weighted by molar-refractivity contribution is -0.146. The third-order valence-corrected chi connectivity index (χ3v) is 3.14. The molecule has 0 saturated carbocycles. The summed E-state index contributed by atoms with van der Waals surface area (Å²) in [5.41, 5.74) is 0. The standard InChI is InChI=1S/C11H17N3O3/c15-9-3-1-4-13(9)5-2-6-14-10(16)7-12-8-11(14)17/h12H,1-8H2. The largest absolute Gasteiger partial charge is 0.343 e. The zero-order valence-electron chi connectivity index (χ0n) is 9.78. The molecule has 0 atom stereocenters.